The molecule has 54 heavy (non-hydrogen) atoms. The van der Waals surface area contributed by atoms with Gasteiger partial charge in [0.25, 0.3) is 0 Å². The zero-order valence-corrected chi connectivity index (χ0v) is 29.8. The fourth-order valence-electron chi connectivity index (χ4n) is 5.39. The van der Waals surface area contributed by atoms with Crippen molar-refractivity contribution in [3.8, 4) is 11.5 Å². The van der Waals surface area contributed by atoms with Gasteiger partial charge in [0.15, 0.2) is 18.0 Å². The van der Waals surface area contributed by atoms with Crippen LogP contribution >= 0.6 is 0 Å². The maximum atomic E-state index is 12.9. The molecule has 15 nitrogen and oxygen atoms in total. The maximum Gasteiger partial charge on any atom is 0.513 e. The summed E-state index contributed by atoms with van der Waals surface area (Å²) in [5.41, 5.74) is 0.399. The second kappa shape index (κ2) is 21.9. The highest BCUT2D eigenvalue weighted by Crippen LogP contribution is 2.32. The van der Waals surface area contributed by atoms with Gasteiger partial charge in [-0.25, -0.2) is 24.0 Å². The maximum absolute atomic E-state index is 12.9. The normalized spacial score (nSPS) is 18.4. The largest absolute Gasteiger partial charge is 0.513 e. The minimum Gasteiger partial charge on any atom is -0.463 e. The van der Waals surface area contributed by atoms with E-state index in [1.165, 1.54) is 54.6 Å². The van der Waals surface area contributed by atoms with Gasteiger partial charge in [-0.3, -0.25) is 4.79 Å². The van der Waals surface area contributed by atoms with Gasteiger partial charge in [0.05, 0.1) is 44.2 Å². The second-order valence-electron chi connectivity index (χ2n) is 12.2. The van der Waals surface area contributed by atoms with Gasteiger partial charge < -0.3 is 42.6 Å². The Hall–Kier alpha value is -5.54. The fourth-order valence-corrected chi connectivity index (χ4v) is 5.39. The van der Waals surface area contributed by atoms with Crippen molar-refractivity contribution in [2.24, 2.45) is 0 Å². The Kier molecular flexibility index (Phi) is 16.7. The molecule has 4 atom stereocenters. The second-order valence-corrected chi connectivity index (χ2v) is 12.2. The first kappa shape index (κ1) is 41.2. The Morgan fingerprint density at radius 1 is 0.574 bits per heavy atom. The number of hydrogen-bond acceptors (Lipinski definition) is 15. The van der Waals surface area contributed by atoms with Gasteiger partial charge in [-0.15, -0.1) is 0 Å². The molecule has 0 N–H and O–H groups in total. The number of fused-ring (bicyclic) bond motifs is 1. The lowest BCUT2D eigenvalue weighted by Gasteiger charge is -2.17. The van der Waals surface area contributed by atoms with E-state index in [9.17, 15) is 28.8 Å². The molecule has 2 heterocycles. The number of carbonyl (C=O) groups is 6. The van der Waals surface area contributed by atoms with E-state index in [4.69, 9.17) is 42.6 Å². The first-order valence-electron chi connectivity index (χ1n) is 17.7. The molecular weight excluding hydrogens is 708 g/mol. The van der Waals surface area contributed by atoms with Gasteiger partial charge in [0.1, 0.15) is 23.7 Å². The van der Waals surface area contributed by atoms with Gasteiger partial charge in [0, 0.05) is 12.5 Å². The van der Waals surface area contributed by atoms with E-state index in [1.807, 2.05) is 0 Å². The van der Waals surface area contributed by atoms with Gasteiger partial charge >= 0.3 is 30.2 Å². The molecule has 4 rings (SSSR count). The van der Waals surface area contributed by atoms with E-state index in [0.717, 1.165) is 31.8 Å². The predicted octanol–water partition coefficient (Wildman–Crippen LogP) is 5.87. The lowest BCUT2D eigenvalue weighted by atomic mass is 10.1. The number of esters is 3. The van der Waals surface area contributed by atoms with Crippen molar-refractivity contribution < 1.29 is 71.4 Å². The number of rotatable bonds is 21. The van der Waals surface area contributed by atoms with Crippen LogP contribution < -0.4 is 9.47 Å². The van der Waals surface area contributed by atoms with Crippen LogP contribution in [0.15, 0.2) is 73.8 Å². The van der Waals surface area contributed by atoms with Gasteiger partial charge in [-0.1, -0.05) is 32.4 Å². The Labute approximate surface area is 312 Å². The number of carbonyl (C=O) groups excluding carboxylic acids is 6. The van der Waals surface area contributed by atoms with Crippen LogP contribution in [0.1, 0.15) is 72.1 Å². The first-order valence-corrected chi connectivity index (χ1v) is 17.7. The third-order valence-electron chi connectivity index (χ3n) is 8.25. The summed E-state index contributed by atoms with van der Waals surface area (Å²) in [6.45, 7) is 7.26. The molecular formula is C39H44O15. The molecule has 2 fully saturated rings. The highest BCUT2D eigenvalue weighted by molar-refractivity contribution is 5.90. The van der Waals surface area contributed by atoms with Crippen LogP contribution in [0, 0.1) is 0 Å². The fraction of sp³-hybridized carbons (Fsp3) is 0.436. The molecule has 0 radical (unpaired) electrons. The zero-order chi connectivity index (χ0) is 38.7. The molecule has 0 aliphatic carbocycles. The molecule has 0 bridgehead atoms. The number of allylic oxidation sites excluding steroid dienone is 1. The van der Waals surface area contributed by atoms with Crippen molar-refractivity contribution in [2.45, 2.75) is 75.8 Å². The van der Waals surface area contributed by atoms with Crippen molar-refractivity contribution in [3.05, 3.63) is 85.0 Å². The Morgan fingerprint density at radius 2 is 1.00 bits per heavy atom. The first-order chi connectivity index (χ1) is 26.2. The summed E-state index contributed by atoms with van der Waals surface area (Å²) in [6.07, 6.45) is 3.40. The molecule has 15 heteroatoms. The summed E-state index contributed by atoms with van der Waals surface area (Å²) in [6, 6.07) is 11.5. The minimum absolute atomic E-state index is 0.0270. The molecule has 0 amide bonds. The number of hydrogen-bond donors (Lipinski definition) is 0. The minimum atomic E-state index is -0.926. The van der Waals surface area contributed by atoms with E-state index in [2.05, 4.69) is 13.2 Å². The summed E-state index contributed by atoms with van der Waals surface area (Å²) in [5.74, 6) is -1.44. The molecule has 0 saturated carbocycles. The van der Waals surface area contributed by atoms with Crippen LogP contribution in [0.4, 0.5) is 9.59 Å². The number of ether oxygens (including phenoxy) is 9. The quantitative estimate of drug-likeness (QED) is 0.0484. The molecule has 2 aromatic rings. The van der Waals surface area contributed by atoms with Crippen LogP contribution in [0.5, 0.6) is 11.5 Å². The van der Waals surface area contributed by atoms with Crippen LogP contribution in [-0.4, -0.2) is 93.5 Å². The van der Waals surface area contributed by atoms with Gasteiger partial charge in [-0.2, -0.15) is 0 Å². The lowest BCUT2D eigenvalue weighted by molar-refractivity contribution is -0.137. The molecule has 2 aromatic carbocycles. The number of ketones is 1. The predicted molar refractivity (Wildman–Crippen MR) is 188 cm³/mol. The monoisotopic (exact) mass is 752 g/mol. The molecule has 290 valence electrons. The summed E-state index contributed by atoms with van der Waals surface area (Å²) < 4.78 is 48.0. The van der Waals surface area contributed by atoms with E-state index >= 15 is 0 Å². The summed E-state index contributed by atoms with van der Waals surface area (Å²) in [5, 5.41) is 0. The van der Waals surface area contributed by atoms with Crippen molar-refractivity contribution in [2.75, 3.05) is 33.0 Å². The summed E-state index contributed by atoms with van der Waals surface area (Å²) in [4.78, 5) is 71.9. The highest BCUT2D eigenvalue weighted by Gasteiger charge is 2.51. The average Bonchev–Trinajstić information content (AvgIpc) is 3.76. The zero-order valence-electron chi connectivity index (χ0n) is 29.8. The molecule has 2 aliphatic heterocycles. The standard InChI is InChI=1S/C39H44O15/c1-3-28(40)12-8-6-5-7-9-22-47-38(44)51-29-17-13-26(14-18-29)36(42)53-31-24-49-35-32(25-50-34(31)35)54-37(43)27-15-19-30(20-16-27)52-39(45)48-23-11-10-21-46-33(41)4-2/h3-4,13-20,31-32,34-35H,1-2,5-12,21-25H2/t31-,32-,34?,35?/m0/s1. The number of unbranched alkanes of at least 4 members (excludes halogenated alkanes) is 5. The third kappa shape index (κ3) is 13.5. The van der Waals surface area contributed by atoms with E-state index in [0.29, 0.717) is 25.7 Å². The van der Waals surface area contributed by atoms with E-state index in [1.54, 1.807) is 0 Å². The lowest BCUT2D eigenvalue weighted by Crippen LogP contribution is -2.36. The van der Waals surface area contributed by atoms with E-state index < -0.39 is 54.6 Å². The van der Waals surface area contributed by atoms with Crippen LogP contribution in [0.2, 0.25) is 0 Å². The third-order valence-corrected chi connectivity index (χ3v) is 8.25. The van der Waals surface area contributed by atoms with Gasteiger partial charge in [-0.05, 0) is 80.3 Å². The molecule has 0 aromatic heterocycles. The highest BCUT2D eigenvalue weighted by atomic mass is 16.7. The Bertz CT molecular complexity index is 1600. The van der Waals surface area contributed by atoms with Crippen molar-refractivity contribution in [1.82, 2.24) is 0 Å². The van der Waals surface area contributed by atoms with E-state index in [-0.39, 0.29) is 61.4 Å². The average molecular weight is 753 g/mol. The van der Waals surface area contributed by atoms with Crippen LogP contribution in [0.3, 0.4) is 0 Å². The van der Waals surface area contributed by atoms with Crippen LogP contribution in [0.25, 0.3) is 0 Å². The Balaban J connectivity index is 1.12. The van der Waals surface area contributed by atoms with Crippen molar-refractivity contribution in [3.63, 3.8) is 0 Å². The number of benzene rings is 2. The Morgan fingerprint density at radius 3 is 1.46 bits per heavy atom. The molecule has 2 saturated heterocycles. The summed E-state index contributed by atoms with van der Waals surface area (Å²) in [7, 11) is 0. The van der Waals surface area contributed by atoms with Gasteiger partial charge in [0.2, 0.25) is 0 Å². The van der Waals surface area contributed by atoms with Crippen molar-refractivity contribution in [1.29, 1.82) is 0 Å². The molecule has 2 aliphatic rings. The topological polar surface area (TPSA) is 185 Å². The molecule has 0 spiro atoms. The molecule has 2 unspecified atom stereocenters. The smallest absolute Gasteiger partial charge is 0.463 e. The van der Waals surface area contributed by atoms with Crippen LogP contribution in [-0.2, 0) is 42.7 Å². The van der Waals surface area contributed by atoms with Crippen molar-refractivity contribution >= 4 is 36.0 Å². The SMILES string of the molecule is C=CC(=O)CCCCCCCOC(=O)Oc1ccc(C(=O)O[C@H]2COC3C2OC[C@@H]3OC(=O)c2ccc(OC(=O)OCCCCOC(=O)C=C)cc2)cc1. The summed E-state index contributed by atoms with van der Waals surface area (Å²) >= 11 is 0.